The Morgan fingerprint density at radius 1 is 1.21 bits per heavy atom. The fourth-order valence-corrected chi connectivity index (χ4v) is 3.61. The van der Waals surface area contributed by atoms with Crippen molar-refractivity contribution in [1.29, 1.82) is 0 Å². The molecule has 2 fully saturated rings. The van der Waals surface area contributed by atoms with E-state index in [1.807, 2.05) is 0 Å². The van der Waals surface area contributed by atoms with Crippen LogP contribution in [0.2, 0.25) is 0 Å². The average Bonchev–Trinajstić information content (AvgIpc) is 2.94. The highest BCUT2D eigenvalue weighted by molar-refractivity contribution is 5.79. The van der Waals surface area contributed by atoms with E-state index in [1.54, 1.807) is 0 Å². The third kappa shape index (κ3) is 3.95. The maximum atomic E-state index is 12.2. The number of amides is 1. The molecule has 1 N–H and O–H groups in total. The van der Waals surface area contributed by atoms with Gasteiger partial charge in [-0.1, -0.05) is 39.5 Å². The van der Waals surface area contributed by atoms with Crippen LogP contribution in [0.3, 0.4) is 0 Å². The molecule has 3 heteroatoms. The van der Waals surface area contributed by atoms with E-state index in [-0.39, 0.29) is 5.92 Å². The van der Waals surface area contributed by atoms with Gasteiger partial charge in [-0.2, -0.15) is 0 Å². The second-order valence-electron chi connectivity index (χ2n) is 6.20. The summed E-state index contributed by atoms with van der Waals surface area (Å²) in [5.41, 5.74) is 0. The van der Waals surface area contributed by atoms with Gasteiger partial charge in [0.25, 0.3) is 0 Å². The van der Waals surface area contributed by atoms with Gasteiger partial charge < -0.3 is 10.1 Å². The first-order chi connectivity index (χ1) is 9.24. The van der Waals surface area contributed by atoms with Gasteiger partial charge in [0.2, 0.25) is 5.91 Å². The van der Waals surface area contributed by atoms with E-state index in [2.05, 4.69) is 19.2 Å². The molecule has 1 aliphatic heterocycles. The molecule has 0 unspecified atom stereocenters. The first-order valence-electron chi connectivity index (χ1n) is 8.16. The average molecular weight is 267 g/mol. The number of carbonyl (C=O) groups is 1. The van der Waals surface area contributed by atoms with Gasteiger partial charge in [-0.15, -0.1) is 0 Å². The Bertz CT molecular complexity index is 282. The second-order valence-corrected chi connectivity index (χ2v) is 6.20. The molecule has 2 atom stereocenters. The predicted octanol–water partition coefficient (Wildman–Crippen LogP) is 3.28. The van der Waals surface area contributed by atoms with Crippen molar-refractivity contribution in [3.8, 4) is 0 Å². The summed E-state index contributed by atoms with van der Waals surface area (Å²) in [6, 6.07) is 0.340. The number of rotatable bonds is 5. The highest BCUT2D eigenvalue weighted by Crippen LogP contribution is 2.27. The zero-order valence-electron chi connectivity index (χ0n) is 12.5. The van der Waals surface area contributed by atoms with Crippen LogP contribution < -0.4 is 5.32 Å². The highest BCUT2D eigenvalue weighted by Gasteiger charge is 2.30. The Kier molecular flexibility index (Phi) is 5.68. The van der Waals surface area contributed by atoms with Crippen molar-refractivity contribution in [1.82, 2.24) is 5.32 Å². The molecular weight excluding hydrogens is 238 g/mol. The quantitative estimate of drug-likeness (QED) is 0.830. The van der Waals surface area contributed by atoms with Gasteiger partial charge in [0.1, 0.15) is 0 Å². The number of ether oxygens (including phenoxy) is 1. The Morgan fingerprint density at radius 3 is 2.53 bits per heavy atom. The summed E-state index contributed by atoms with van der Waals surface area (Å²) in [6.07, 6.45) is 9.30. The Morgan fingerprint density at radius 2 is 1.89 bits per heavy atom. The third-order valence-electron chi connectivity index (χ3n) is 4.96. The minimum absolute atomic E-state index is 0.287. The fraction of sp³-hybridized carbons (Fsp3) is 0.938. The summed E-state index contributed by atoms with van der Waals surface area (Å²) in [7, 11) is 0. The first kappa shape index (κ1) is 14.8. The lowest BCUT2D eigenvalue weighted by molar-refractivity contribution is -0.127. The molecular formula is C16H29NO2. The molecule has 0 aromatic heterocycles. The monoisotopic (exact) mass is 267 g/mol. The molecule has 0 bridgehead atoms. The normalized spacial score (nSPS) is 28.8. The van der Waals surface area contributed by atoms with E-state index in [0.717, 1.165) is 32.3 Å². The molecule has 1 saturated heterocycles. The highest BCUT2D eigenvalue weighted by atomic mass is 16.5. The minimum atomic E-state index is 0.287. The van der Waals surface area contributed by atoms with Gasteiger partial charge in [0.15, 0.2) is 0 Å². The van der Waals surface area contributed by atoms with Crippen LogP contribution in [0.1, 0.15) is 65.2 Å². The molecule has 1 amide bonds. The molecule has 19 heavy (non-hydrogen) atoms. The summed E-state index contributed by atoms with van der Waals surface area (Å²) < 4.78 is 5.91. The molecule has 1 aliphatic carbocycles. The van der Waals surface area contributed by atoms with Crippen molar-refractivity contribution < 1.29 is 9.53 Å². The van der Waals surface area contributed by atoms with Gasteiger partial charge >= 0.3 is 0 Å². The molecule has 0 spiro atoms. The van der Waals surface area contributed by atoms with Crippen LogP contribution >= 0.6 is 0 Å². The summed E-state index contributed by atoms with van der Waals surface area (Å²) in [4.78, 5) is 12.2. The van der Waals surface area contributed by atoms with Crippen molar-refractivity contribution >= 4 is 5.91 Å². The lowest BCUT2D eigenvalue weighted by Gasteiger charge is -2.34. The molecule has 110 valence electrons. The van der Waals surface area contributed by atoms with Gasteiger partial charge in [0.05, 0.1) is 6.10 Å². The van der Waals surface area contributed by atoms with E-state index < -0.39 is 0 Å². The molecule has 3 nitrogen and oxygen atoms in total. The topological polar surface area (TPSA) is 38.3 Å². The van der Waals surface area contributed by atoms with Crippen molar-refractivity contribution in [2.24, 2.45) is 11.8 Å². The lowest BCUT2D eigenvalue weighted by Crippen LogP contribution is -2.45. The molecule has 1 saturated carbocycles. The van der Waals surface area contributed by atoms with Crippen LogP contribution in [0.25, 0.3) is 0 Å². The van der Waals surface area contributed by atoms with Gasteiger partial charge in [-0.3, -0.25) is 4.79 Å². The Balaban J connectivity index is 1.81. The molecule has 0 radical (unpaired) electrons. The van der Waals surface area contributed by atoms with Crippen molar-refractivity contribution in [3.05, 3.63) is 0 Å². The van der Waals surface area contributed by atoms with Crippen LogP contribution in [0.15, 0.2) is 0 Å². The predicted molar refractivity (Wildman–Crippen MR) is 76.9 cm³/mol. The summed E-state index contributed by atoms with van der Waals surface area (Å²) in [6.45, 7) is 5.27. The number of nitrogens with one attached hydrogen (secondary N) is 1. The summed E-state index contributed by atoms with van der Waals surface area (Å²) in [5.74, 6) is 1.23. The molecule has 1 heterocycles. The maximum absolute atomic E-state index is 12.2. The first-order valence-corrected chi connectivity index (χ1v) is 8.16. The summed E-state index contributed by atoms with van der Waals surface area (Å²) in [5, 5.41) is 3.27. The van der Waals surface area contributed by atoms with Gasteiger partial charge in [0, 0.05) is 18.6 Å². The SMILES string of the molecule is CCC(CC)[C@@H]1C[C@H](NC(=O)C2CCCC2)CCO1. The van der Waals surface area contributed by atoms with Crippen LogP contribution in [0.5, 0.6) is 0 Å². The van der Waals surface area contributed by atoms with Gasteiger partial charge in [-0.25, -0.2) is 0 Å². The molecule has 0 aromatic carbocycles. The number of carbonyl (C=O) groups excluding carboxylic acids is 1. The fourth-order valence-electron chi connectivity index (χ4n) is 3.61. The van der Waals surface area contributed by atoms with Crippen LogP contribution in [0, 0.1) is 11.8 Å². The number of hydrogen-bond donors (Lipinski definition) is 1. The Hall–Kier alpha value is -0.570. The smallest absolute Gasteiger partial charge is 0.223 e. The van der Waals surface area contributed by atoms with E-state index in [1.165, 1.54) is 25.7 Å². The van der Waals surface area contributed by atoms with E-state index in [0.29, 0.717) is 24.0 Å². The lowest BCUT2D eigenvalue weighted by atomic mass is 9.89. The zero-order chi connectivity index (χ0) is 13.7. The van der Waals surface area contributed by atoms with Crippen LogP contribution in [-0.2, 0) is 9.53 Å². The minimum Gasteiger partial charge on any atom is -0.378 e. The second kappa shape index (κ2) is 7.28. The molecule has 0 aromatic rings. The van der Waals surface area contributed by atoms with Gasteiger partial charge in [-0.05, 0) is 31.6 Å². The van der Waals surface area contributed by atoms with Crippen LogP contribution in [0.4, 0.5) is 0 Å². The standard InChI is InChI=1S/C16H29NO2/c1-3-12(4-2)15-11-14(9-10-19-15)17-16(18)13-7-5-6-8-13/h12-15H,3-11H2,1-2H3,(H,17,18)/t14-,15+/m1/s1. The molecule has 2 rings (SSSR count). The van der Waals surface area contributed by atoms with E-state index >= 15 is 0 Å². The summed E-state index contributed by atoms with van der Waals surface area (Å²) >= 11 is 0. The maximum Gasteiger partial charge on any atom is 0.223 e. The van der Waals surface area contributed by atoms with E-state index in [4.69, 9.17) is 4.74 Å². The van der Waals surface area contributed by atoms with Crippen molar-refractivity contribution in [3.63, 3.8) is 0 Å². The Labute approximate surface area is 117 Å². The third-order valence-corrected chi connectivity index (χ3v) is 4.96. The largest absolute Gasteiger partial charge is 0.378 e. The van der Waals surface area contributed by atoms with E-state index in [9.17, 15) is 4.79 Å². The van der Waals surface area contributed by atoms with Crippen molar-refractivity contribution in [2.75, 3.05) is 6.61 Å². The zero-order valence-corrected chi connectivity index (χ0v) is 12.5. The van der Waals surface area contributed by atoms with Crippen molar-refractivity contribution in [2.45, 2.75) is 77.4 Å². The number of hydrogen-bond acceptors (Lipinski definition) is 2. The molecule has 2 aliphatic rings. The van der Waals surface area contributed by atoms with Crippen LogP contribution in [-0.4, -0.2) is 24.7 Å².